The van der Waals surface area contributed by atoms with E-state index in [4.69, 9.17) is 9.47 Å². The molecule has 0 aromatic rings. The number of likely N-dealkylation sites (tertiary alicyclic amines) is 1. The van der Waals surface area contributed by atoms with Crippen LogP contribution in [0.3, 0.4) is 0 Å². The van der Waals surface area contributed by atoms with Crippen LogP contribution in [0.25, 0.3) is 0 Å². The maximum absolute atomic E-state index is 12.6. The number of ether oxygens (including phenoxy) is 2. The van der Waals surface area contributed by atoms with Crippen molar-refractivity contribution in [3.05, 3.63) is 0 Å². The standard InChI is InChI=1S/C17H30N2O5/c1-6-7-9-12(15(21)23-5)18-14(20)13-10-8-11-19(13)16(22)24-17(2,3)4/h12-13H,6-11H2,1-5H3,(H,18,20)/t12-,13?/m0/s1. The molecule has 0 bridgehead atoms. The van der Waals surface area contributed by atoms with Gasteiger partial charge in [0.25, 0.3) is 0 Å². The maximum Gasteiger partial charge on any atom is 0.410 e. The third kappa shape index (κ3) is 6.02. The summed E-state index contributed by atoms with van der Waals surface area (Å²) in [7, 11) is 1.30. The number of amides is 2. The lowest BCUT2D eigenvalue weighted by Gasteiger charge is -2.28. The number of carbonyl (C=O) groups excluding carboxylic acids is 3. The minimum absolute atomic E-state index is 0.329. The molecule has 0 radical (unpaired) electrons. The van der Waals surface area contributed by atoms with E-state index in [2.05, 4.69) is 5.32 Å². The van der Waals surface area contributed by atoms with Crippen molar-refractivity contribution in [1.29, 1.82) is 0 Å². The van der Waals surface area contributed by atoms with Crippen molar-refractivity contribution in [2.24, 2.45) is 0 Å². The van der Waals surface area contributed by atoms with Gasteiger partial charge in [0.1, 0.15) is 17.7 Å². The summed E-state index contributed by atoms with van der Waals surface area (Å²) in [6.45, 7) is 7.85. The maximum atomic E-state index is 12.6. The molecule has 0 aromatic carbocycles. The molecule has 2 atom stereocenters. The average Bonchev–Trinajstić information content (AvgIpc) is 2.98. The molecule has 7 nitrogen and oxygen atoms in total. The lowest BCUT2D eigenvalue weighted by Crippen LogP contribution is -2.51. The van der Waals surface area contributed by atoms with Crippen LogP contribution in [0.15, 0.2) is 0 Å². The first-order chi connectivity index (χ1) is 11.2. The summed E-state index contributed by atoms with van der Waals surface area (Å²) >= 11 is 0. The average molecular weight is 342 g/mol. The first kappa shape index (κ1) is 20.3. The fraction of sp³-hybridized carbons (Fsp3) is 0.824. The summed E-state index contributed by atoms with van der Waals surface area (Å²) in [5, 5.41) is 2.73. The number of unbranched alkanes of at least 4 members (excludes halogenated alkanes) is 1. The van der Waals surface area contributed by atoms with E-state index in [1.54, 1.807) is 20.8 Å². The van der Waals surface area contributed by atoms with Crippen molar-refractivity contribution in [2.45, 2.75) is 77.5 Å². The zero-order chi connectivity index (χ0) is 18.3. The molecule has 138 valence electrons. The molecule has 0 aromatic heterocycles. The number of rotatable bonds is 6. The zero-order valence-electron chi connectivity index (χ0n) is 15.4. The van der Waals surface area contributed by atoms with Gasteiger partial charge in [-0.3, -0.25) is 9.69 Å². The Balaban J connectivity index is 2.73. The molecule has 1 rings (SSSR count). The molecule has 24 heavy (non-hydrogen) atoms. The molecule has 7 heteroatoms. The van der Waals surface area contributed by atoms with Gasteiger partial charge in [-0.05, 0) is 40.0 Å². The molecule has 1 heterocycles. The Bertz CT molecular complexity index is 458. The van der Waals surface area contributed by atoms with Gasteiger partial charge in [0.15, 0.2) is 0 Å². The first-order valence-electron chi connectivity index (χ1n) is 8.57. The topological polar surface area (TPSA) is 84.9 Å². The van der Waals surface area contributed by atoms with Crippen LogP contribution in [0.1, 0.15) is 59.8 Å². The van der Waals surface area contributed by atoms with Crippen LogP contribution in [0, 0.1) is 0 Å². The number of nitrogens with zero attached hydrogens (tertiary/aromatic N) is 1. The minimum atomic E-state index is -0.677. The third-order valence-corrected chi connectivity index (χ3v) is 3.83. The molecular formula is C17H30N2O5. The fourth-order valence-corrected chi connectivity index (χ4v) is 2.65. The van der Waals surface area contributed by atoms with E-state index >= 15 is 0 Å². The van der Waals surface area contributed by atoms with Crippen LogP contribution in [-0.4, -0.2) is 54.2 Å². The number of hydrogen-bond acceptors (Lipinski definition) is 5. The molecule has 2 amide bonds. The summed E-state index contributed by atoms with van der Waals surface area (Å²) in [5.74, 6) is -0.788. The number of methoxy groups -OCH3 is 1. The molecule has 0 aliphatic carbocycles. The van der Waals surface area contributed by atoms with Crippen molar-refractivity contribution in [3.63, 3.8) is 0 Å². The van der Waals surface area contributed by atoms with Crippen molar-refractivity contribution >= 4 is 18.0 Å². The lowest BCUT2D eigenvalue weighted by atomic mass is 10.1. The molecule has 0 spiro atoms. The van der Waals surface area contributed by atoms with Crippen LogP contribution in [0.2, 0.25) is 0 Å². The first-order valence-corrected chi connectivity index (χ1v) is 8.57. The minimum Gasteiger partial charge on any atom is -0.467 e. The van der Waals surface area contributed by atoms with Gasteiger partial charge in [0.2, 0.25) is 5.91 Å². The van der Waals surface area contributed by atoms with E-state index in [1.807, 2.05) is 6.92 Å². The van der Waals surface area contributed by atoms with E-state index in [-0.39, 0.29) is 5.91 Å². The quantitative estimate of drug-likeness (QED) is 0.748. The molecule has 1 aliphatic heterocycles. The SMILES string of the molecule is CCCC[C@H](NC(=O)C1CCCN1C(=O)OC(C)(C)C)C(=O)OC. The second-order valence-corrected chi connectivity index (χ2v) is 7.06. The predicted octanol–water partition coefficient (Wildman–Crippen LogP) is 2.23. The molecule has 1 unspecified atom stereocenters. The Kier molecular flexibility index (Phi) is 7.51. The van der Waals surface area contributed by atoms with E-state index in [0.29, 0.717) is 19.4 Å². The van der Waals surface area contributed by atoms with Crippen LogP contribution >= 0.6 is 0 Å². The van der Waals surface area contributed by atoms with Gasteiger partial charge in [-0.15, -0.1) is 0 Å². The molecule has 1 aliphatic rings. The molecule has 1 saturated heterocycles. The van der Waals surface area contributed by atoms with Gasteiger partial charge in [-0.2, -0.15) is 0 Å². The van der Waals surface area contributed by atoms with Crippen molar-refractivity contribution in [2.75, 3.05) is 13.7 Å². The van der Waals surface area contributed by atoms with E-state index in [9.17, 15) is 14.4 Å². The Morgan fingerprint density at radius 1 is 1.29 bits per heavy atom. The van der Waals surface area contributed by atoms with Gasteiger partial charge in [-0.1, -0.05) is 19.8 Å². The number of hydrogen-bond donors (Lipinski definition) is 1. The summed E-state index contributed by atoms with van der Waals surface area (Å²) < 4.78 is 10.1. The second-order valence-electron chi connectivity index (χ2n) is 7.06. The Morgan fingerprint density at radius 3 is 2.50 bits per heavy atom. The highest BCUT2D eigenvalue weighted by atomic mass is 16.6. The van der Waals surface area contributed by atoms with Gasteiger partial charge >= 0.3 is 12.1 Å². The van der Waals surface area contributed by atoms with E-state index in [0.717, 1.165) is 19.3 Å². The molecule has 1 fully saturated rings. The smallest absolute Gasteiger partial charge is 0.410 e. The molecular weight excluding hydrogens is 312 g/mol. The van der Waals surface area contributed by atoms with Crippen molar-refractivity contribution in [1.82, 2.24) is 10.2 Å². The van der Waals surface area contributed by atoms with Gasteiger partial charge < -0.3 is 14.8 Å². The van der Waals surface area contributed by atoms with E-state index in [1.165, 1.54) is 12.0 Å². The monoisotopic (exact) mass is 342 g/mol. The Labute approximate surface area is 144 Å². The van der Waals surface area contributed by atoms with Gasteiger partial charge in [-0.25, -0.2) is 9.59 Å². The van der Waals surface area contributed by atoms with E-state index < -0.39 is 29.7 Å². The van der Waals surface area contributed by atoms with Crippen LogP contribution in [0.4, 0.5) is 4.79 Å². The lowest BCUT2D eigenvalue weighted by molar-refractivity contribution is -0.145. The van der Waals surface area contributed by atoms with Crippen LogP contribution in [0.5, 0.6) is 0 Å². The Hall–Kier alpha value is -1.79. The number of carbonyl (C=O) groups is 3. The Morgan fingerprint density at radius 2 is 1.96 bits per heavy atom. The second kappa shape index (κ2) is 8.89. The normalized spacial score (nSPS) is 18.9. The summed E-state index contributed by atoms with van der Waals surface area (Å²) in [6.07, 6.45) is 3.04. The highest BCUT2D eigenvalue weighted by Gasteiger charge is 2.37. The molecule has 1 N–H and O–H groups in total. The largest absolute Gasteiger partial charge is 0.467 e. The third-order valence-electron chi connectivity index (χ3n) is 3.83. The van der Waals surface area contributed by atoms with Crippen molar-refractivity contribution in [3.8, 4) is 0 Å². The van der Waals surface area contributed by atoms with Crippen LogP contribution < -0.4 is 5.32 Å². The van der Waals surface area contributed by atoms with Crippen molar-refractivity contribution < 1.29 is 23.9 Å². The highest BCUT2D eigenvalue weighted by Crippen LogP contribution is 2.21. The van der Waals surface area contributed by atoms with Crippen LogP contribution in [-0.2, 0) is 19.1 Å². The summed E-state index contributed by atoms with van der Waals surface area (Å²) in [5.41, 5.74) is -0.615. The van der Waals surface area contributed by atoms with Gasteiger partial charge in [0.05, 0.1) is 7.11 Å². The number of nitrogens with one attached hydrogen (secondary N) is 1. The highest BCUT2D eigenvalue weighted by molar-refractivity contribution is 5.90. The summed E-state index contributed by atoms with van der Waals surface area (Å²) in [6, 6.07) is -1.28. The van der Waals surface area contributed by atoms with Gasteiger partial charge in [0, 0.05) is 6.54 Å². The number of esters is 1. The molecule has 0 saturated carbocycles. The zero-order valence-corrected chi connectivity index (χ0v) is 15.4. The summed E-state index contributed by atoms with van der Waals surface area (Å²) in [4.78, 5) is 38.1. The predicted molar refractivity (Wildman–Crippen MR) is 89.4 cm³/mol. The fourth-order valence-electron chi connectivity index (χ4n) is 2.65.